The quantitative estimate of drug-likeness (QED) is 0.151. The molecular formula is C51H50F2N4O4. The van der Waals surface area contributed by atoms with Gasteiger partial charge in [-0.25, -0.2) is 13.6 Å². The zero-order valence-electron chi connectivity index (χ0n) is 34.6. The first kappa shape index (κ1) is 42.5. The van der Waals surface area contributed by atoms with E-state index in [1.807, 2.05) is 97.1 Å². The van der Waals surface area contributed by atoms with Crippen LogP contribution < -0.4 is 20.9 Å². The topological polar surface area (TPSA) is 105 Å². The molecule has 8 nitrogen and oxygen atoms in total. The highest BCUT2D eigenvalue weighted by Crippen LogP contribution is 2.35. The number of fused-ring (bicyclic) bond motifs is 2. The number of hydrogen-bond donors (Lipinski definition) is 2. The molecule has 0 bridgehead atoms. The van der Waals surface area contributed by atoms with E-state index in [-0.39, 0.29) is 23.4 Å². The predicted octanol–water partition coefficient (Wildman–Crippen LogP) is 9.47. The molecule has 2 aliphatic rings. The largest absolute Gasteiger partial charge is 0.444 e. The summed E-state index contributed by atoms with van der Waals surface area (Å²) in [6, 6.07) is 42.8. The van der Waals surface area contributed by atoms with Crippen LogP contribution in [0, 0.1) is 11.6 Å². The monoisotopic (exact) mass is 820 g/mol. The Morgan fingerprint density at radius 1 is 0.607 bits per heavy atom. The van der Waals surface area contributed by atoms with Gasteiger partial charge in [-0.3, -0.25) is 9.59 Å². The van der Waals surface area contributed by atoms with E-state index in [9.17, 15) is 23.2 Å². The minimum atomic E-state index is -0.780. The van der Waals surface area contributed by atoms with Crippen molar-refractivity contribution in [3.63, 3.8) is 0 Å². The van der Waals surface area contributed by atoms with Gasteiger partial charge in [-0.2, -0.15) is 0 Å². The zero-order chi connectivity index (χ0) is 43.1. The highest BCUT2D eigenvalue weighted by molar-refractivity contribution is 6.01. The minimum absolute atomic E-state index is 0.0612. The molecule has 10 heteroatoms. The van der Waals surface area contributed by atoms with Crippen LogP contribution in [0.1, 0.15) is 43.0 Å². The normalized spacial score (nSPS) is 13.9. The first-order valence-electron chi connectivity index (χ1n) is 20.5. The molecule has 0 saturated heterocycles. The van der Waals surface area contributed by atoms with E-state index in [1.54, 1.807) is 54.8 Å². The van der Waals surface area contributed by atoms with E-state index in [4.69, 9.17) is 10.5 Å². The Morgan fingerprint density at radius 2 is 1.03 bits per heavy atom. The van der Waals surface area contributed by atoms with Gasteiger partial charge in [-0.15, -0.1) is 0 Å². The Bertz CT molecular complexity index is 2470. The average Bonchev–Trinajstić information content (AvgIpc) is 3.88. The van der Waals surface area contributed by atoms with Crippen LogP contribution in [0.3, 0.4) is 0 Å². The van der Waals surface area contributed by atoms with Crippen LogP contribution in [-0.4, -0.2) is 48.7 Å². The molecule has 0 aliphatic carbocycles. The summed E-state index contributed by atoms with van der Waals surface area (Å²) in [4.78, 5) is 42.7. The van der Waals surface area contributed by atoms with Gasteiger partial charge >= 0.3 is 6.09 Å². The highest BCUT2D eigenvalue weighted by Gasteiger charge is 2.33. The number of carbonyl (C=O) groups is 3. The van der Waals surface area contributed by atoms with Crippen molar-refractivity contribution in [3.05, 3.63) is 179 Å². The third-order valence-electron chi connectivity index (χ3n) is 10.7. The number of anilines is 2. The molecule has 312 valence electrons. The maximum atomic E-state index is 13.7. The van der Waals surface area contributed by atoms with Crippen LogP contribution >= 0.6 is 0 Å². The van der Waals surface area contributed by atoms with Crippen molar-refractivity contribution in [1.29, 1.82) is 0 Å². The second kappa shape index (κ2) is 18.7. The number of benzene rings is 6. The summed E-state index contributed by atoms with van der Waals surface area (Å²) in [5.74, 6) is -0.805. The third kappa shape index (κ3) is 10.8. The average molecular weight is 821 g/mol. The number of hydrogen-bond acceptors (Lipinski definition) is 5. The smallest absolute Gasteiger partial charge is 0.408 e. The number of rotatable bonds is 9. The standard InChI is InChI=1S/C28H29FN2O3.C23H21FN2O/c1-28(2,3)34-27(33)30-24(17-19-7-5-4-6-8-19)26(32)31-16-15-21-9-10-22(18-25(21)31)20-11-13-23(29)14-12-20;24-20-10-8-17(9-11-20)19-7-6-18-12-13-26(22(18)15-19)23(27)21(25)14-16-4-2-1-3-5-16/h4-14,18,24H,15-17H2,1-3H3,(H,30,33);1-11,15,21H,12-14,25H2/t24-;21-/m00/s1. The summed E-state index contributed by atoms with van der Waals surface area (Å²) in [6.45, 7) is 6.53. The van der Waals surface area contributed by atoms with Crippen molar-refractivity contribution in [3.8, 4) is 22.3 Å². The lowest BCUT2D eigenvalue weighted by atomic mass is 10.0. The molecular weight excluding hydrogens is 771 g/mol. The summed E-state index contributed by atoms with van der Waals surface area (Å²) in [5.41, 5.74) is 15.1. The molecule has 3 N–H and O–H groups in total. The molecule has 0 aromatic heterocycles. The van der Waals surface area contributed by atoms with Crippen LogP contribution in [0.25, 0.3) is 22.3 Å². The SMILES string of the molecule is CC(C)(C)OC(=O)N[C@@H](Cc1ccccc1)C(=O)N1CCc2ccc(-c3ccc(F)cc3)cc21.N[C@@H](Cc1ccccc1)C(=O)N1CCc2ccc(-c3ccc(F)cc3)cc21. The lowest BCUT2D eigenvalue weighted by Crippen LogP contribution is -2.50. The second-order valence-electron chi connectivity index (χ2n) is 16.4. The predicted molar refractivity (Wildman–Crippen MR) is 237 cm³/mol. The number of halogens is 2. The van der Waals surface area contributed by atoms with Crippen molar-refractivity contribution in [2.45, 2.75) is 64.1 Å². The zero-order valence-corrected chi connectivity index (χ0v) is 34.6. The van der Waals surface area contributed by atoms with Crippen LogP contribution in [0.15, 0.2) is 146 Å². The van der Waals surface area contributed by atoms with Gasteiger partial charge in [0.15, 0.2) is 0 Å². The fraction of sp³-hybridized carbons (Fsp3) is 0.235. The Kier molecular flexibility index (Phi) is 13.0. The van der Waals surface area contributed by atoms with Gasteiger partial charge in [0.2, 0.25) is 11.8 Å². The Hall–Kier alpha value is -6.65. The van der Waals surface area contributed by atoms with E-state index in [1.165, 1.54) is 24.3 Å². The summed E-state index contributed by atoms with van der Waals surface area (Å²) in [7, 11) is 0. The summed E-state index contributed by atoms with van der Waals surface area (Å²) in [5, 5.41) is 2.79. The van der Waals surface area contributed by atoms with E-state index in [2.05, 4.69) is 5.32 Å². The summed E-state index contributed by atoms with van der Waals surface area (Å²) < 4.78 is 32.0. The third-order valence-corrected chi connectivity index (χ3v) is 10.7. The Labute approximate surface area is 356 Å². The summed E-state index contributed by atoms with van der Waals surface area (Å²) >= 11 is 0. The van der Waals surface area contributed by atoms with Gasteiger partial charge in [-0.05, 0) is 121 Å². The van der Waals surface area contributed by atoms with E-state index >= 15 is 0 Å². The Balaban J connectivity index is 0.000000189. The molecule has 0 spiro atoms. The van der Waals surface area contributed by atoms with Crippen molar-refractivity contribution in [1.82, 2.24) is 5.32 Å². The molecule has 0 unspecified atom stereocenters. The molecule has 6 aromatic rings. The molecule has 2 atom stereocenters. The van der Waals surface area contributed by atoms with Gasteiger partial charge in [0, 0.05) is 30.9 Å². The Morgan fingerprint density at radius 3 is 1.49 bits per heavy atom. The first-order chi connectivity index (χ1) is 29.3. The number of nitrogens with one attached hydrogen (secondary N) is 1. The second-order valence-corrected chi connectivity index (χ2v) is 16.4. The fourth-order valence-electron chi connectivity index (χ4n) is 7.70. The number of nitrogens with two attached hydrogens (primary N) is 1. The summed E-state index contributed by atoms with van der Waals surface area (Å²) in [6.07, 6.45) is 1.80. The van der Waals surface area contributed by atoms with Crippen molar-refractivity contribution < 1.29 is 27.9 Å². The number of nitrogens with zero attached hydrogens (tertiary/aromatic N) is 2. The molecule has 8 rings (SSSR count). The highest BCUT2D eigenvalue weighted by atomic mass is 19.1. The molecule has 0 saturated carbocycles. The molecule has 61 heavy (non-hydrogen) atoms. The molecule has 0 fully saturated rings. The number of alkyl carbamates (subject to hydrolysis) is 1. The van der Waals surface area contributed by atoms with Gasteiger partial charge in [-0.1, -0.05) is 109 Å². The van der Waals surface area contributed by atoms with Crippen LogP contribution in [0.4, 0.5) is 25.0 Å². The molecule has 6 aromatic carbocycles. The maximum absolute atomic E-state index is 13.7. The lowest BCUT2D eigenvalue weighted by molar-refractivity contribution is -0.121. The number of carbonyl (C=O) groups excluding carboxylic acids is 3. The maximum Gasteiger partial charge on any atom is 0.408 e. The number of ether oxygens (including phenoxy) is 1. The van der Waals surface area contributed by atoms with Gasteiger partial charge in [0.05, 0.1) is 6.04 Å². The van der Waals surface area contributed by atoms with Crippen LogP contribution in [-0.2, 0) is 40.0 Å². The first-order valence-corrected chi connectivity index (χ1v) is 20.5. The van der Waals surface area contributed by atoms with Crippen LogP contribution in [0.2, 0.25) is 0 Å². The van der Waals surface area contributed by atoms with Crippen molar-refractivity contribution in [2.24, 2.45) is 5.73 Å². The van der Waals surface area contributed by atoms with Gasteiger partial charge < -0.3 is 25.6 Å². The van der Waals surface area contributed by atoms with Gasteiger partial charge in [0.25, 0.3) is 0 Å². The molecule has 3 amide bonds. The van der Waals surface area contributed by atoms with E-state index in [0.717, 1.165) is 68.7 Å². The van der Waals surface area contributed by atoms with E-state index < -0.39 is 23.8 Å². The molecule has 2 aliphatic heterocycles. The molecule has 2 heterocycles. The van der Waals surface area contributed by atoms with Gasteiger partial charge in [0.1, 0.15) is 23.3 Å². The van der Waals surface area contributed by atoms with Crippen LogP contribution in [0.5, 0.6) is 0 Å². The van der Waals surface area contributed by atoms with Crippen molar-refractivity contribution >= 4 is 29.3 Å². The minimum Gasteiger partial charge on any atom is -0.444 e. The lowest BCUT2D eigenvalue weighted by Gasteiger charge is -2.27. The molecule has 0 radical (unpaired) electrons. The number of amides is 3. The van der Waals surface area contributed by atoms with Crippen molar-refractivity contribution in [2.75, 3.05) is 22.9 Å². The fourth-order valence-corrected chi connectivity index (χ4v) is 7.70. The van der Waals surface area contributed by atoms with E-state index in [0.29, 0.717) is 25.9 Å².